The Kier molecular flexibility index (Phi) is 10.3. The maximum absolute atomic E-state index is 11.7. The molecule has 2 saturated heterocycles. The van der Waals surface area contributed by atoms with Gasteiger partial charge in [0.2, 0.25) is 11.8 Å². The van der Waals surface area contributed by atoms with Crippen molar-refractivity contribution < 1.29 is 28.5 Å². The van der Waals surface area contributed by atoms with Crippen LogP contribution in [0.3, 0.4) is 0 Å². The molecule has 0 aromatic heterocycles. The van der Waals surface area contributed by atoms with Crippen LogP contribution in [0.2, 0.25) is 0 Å². The van der Waals surface area contributed by atoms with Crippen molar-refractivity contribution in [1.82, 2.24) is 10.6 Å². The highest BCUT2D eigenvalue weighted by Gasteiger charge is 2.25. The van der Waals surface area contributed by atoms with Gasteiger partial charge in [0.05, 0.1) is 51.6 Å². The smallest absolute Gasteiger partial charge is 0.220 e. The molecule has 196 valence electrons. The van der Waals surface area contributed by atoms with Gasteiger partial charge in [0, 0.05) is 12.8 Å². The van der Waals surface area contributed by atoms with Crippen LogP contribution in [-0.4, -0.2) is 40.3 Å². The molecule has 2 fully saturated rings. The first-order chi connectivity index (χ1) is 17.5. The monoisotopic (exact) mass is 498 g/mol. The number of nitrogens with one attached hydrogen (secondary N) is 2. The fraction of sp³-hybridized carbons (Fsp3) is 0.500. The van der Waals surface area contributed by atoms with Crippen molar-refractivity contribution in [3.05, 3.63) is 47.5 Å². The minimum atomic E-state index is -0.0221. The summed E-state index contributed by atoms with van der Waals surface area (Å²) in [4.78, 5) is 23.3. The normalized spacial score (nSPS) is 19.9. The average Bonchev–Trinajstić information content (AvgIpc) is 3.26. The molecule has 0 aliphatic carbocycles. The van der Waals surface area contributed by atoms with E-state index in [4.69, 9.17) is 18.9 Å². The van der Waals surface area contributed by atoms with Crippen LogP contribution in [0.4, 0.5) is 0 Å². The first kappa shape index (κ1) is 27.2. The second-order valence-corrected chi connectivity index (χ2v) is 8.88. The summed E-state index contributed by atoms with van der Waals surface area (Å²) in [5.74, 6) is 3.27. The van der Waals surface area contributed by atoms with Crippen LogP contribution in [0, 0.1) is 0 Å². The molecule has 4 rings (SSSR count). The summed E-state index contributed by atoms with van der Waals surface area (Å²) in [6.07, 6.45) is 7.00. The van der Waals surface area contributed by atoms with Crippen LogP contribution < -0.4 is 29.6 Å². The van der Waals surface area contributed by atoms with E-state index >= 15 is 0 Å². The molecule has 8 heteroatoms. The topological polar surface area (TPSA) is 95.1 Å². The fourth-order valence-electron chi connectivity index (χ4n) is 4.83. The SMILES string of the molecule is COc1cccc(OC)c1C1CCCCC(=O)N1.COc1cccc(OC)c1C1CCCCC(=O)N1. The average molecular weight is 499 g/mol. The van der Waals surface area contributed by atoms with Gasteiger partial charge in [0.1, 0.15) is 23.0 Å². The summed E-state index contributed by atoms with van der Waals surface area (Å²) < 4.78 is 21.5. The van der Waals surface area contributed by atoms with Crippen molar-refractivity contribution in [3.63, 3.8) is 0 Å². The van der Waals surface area contributed by atoms with Gasteiger partial charge in [-0.3, -0.25) is 9.59 Å². The lowest BCUT2D eigenvalue weighted by Crippen LogP contribution is -2.26. The lowest BCUT2D eigenvalue weighted by atomic mass is 10.00. The number of carbonyl (C=O) groups is 2. The van der Waals surface area contributed by atoms with Crippen LogP contribution in [0.1, 0.15) is 74.6 Å². The van der Waals surface area contributed by atoms with Gasteiger partial charge < -0.3 is 29.6 Å². The highest BCUT2D eigenvalue weighted by molar-refractivity contribution is 5.77. The van der Waals surface area contributed by atoms with E-state index in [0.29, 0.717) is 12.8 Å². The molecule has 2 N–H and O–H groups in total. The molecule has 0 spiro atoms. The van der Waals surface area contributed by atoms with Crippen molar-refractivity contribution in [2.45, 2.75) is 63.5 Å². The maximum Gasteiger partial charge on any atom is 0.220 e. The molecule has 2 unspecified atom stereocenters. The van der Waals surface area contributed by atoms with E-state index in [1.807, 2.05) is 36.4 Å². The van der Waals surface area contributed by atoms with E-state index in [2.05, 4.69) is 10.6 Å². The largest absolute Gasteiger partial charge is 0.496 e. The molecule has 2 aliphatic rings. The van der Waals surface area contributed by atoms with E-state index in [0.717, 1.165) is 72.6 Å². The molecule has 8 nitrogen and oxygen atoms in total. The number of carbonyl (C=O) groups excluding carboxylic acids is 2. The highest BCUT2D eigenvalue weighted by Crippen LogP contribution is 2.38. The number of benzene rings is 2. The summed E-state index contributed by atoms with van der Waals surface area (Å²) in [7, 11) is 6.54. The van der Waals surface area contributed by atoms with Crippen molar-refractivity contribution in [3.8, 4) is 23.0 Å². The molecular formula is C28H38N2O6. The third kappa shape index (κ3) is 6.83. The van der Waals surface area contributed by atoms with Gasteiger partial charge in [-0.25, -0.2) is 0 Å². The number of hydrogen-bond acceptors (Lipinski definition) is 6. The number of ether oxygens (including phenoxy) is 4. The second-order valence-electron chi connectivity index (χ2n) is 8.88. The minimum Gasteiger partial charge on any atom is -0.496 e. The zero-order valence-electron chi connectivity index (χ0n) is 21.7. The molecule has 2 heterocycles. The van der Waals surface area contributed by atoms with Crippen molar-refractivity contribution in [2.75, 3.05) is 28.4 Å². The Labute approximate surface area is 213 Å². The van der Waals surface area contributed by atoms with Crippen molar-refractivity contribution in [2.24, 2.45) is 0 Å². The molecular weight excluding hydrogens is 460 g/mol. The van der Waals surface area contributed by atoms with Gasteiger partial charge in [-0.05, 0) is 49.9 Å². The van der Waals surface area contributed by atoms with Gasteiger partial charge >= 0.3 is 0 Å². The Morgan fingerprint density at radius 1 is 0.583 bits per heavy atom. The Morgan fingerprint density at radius 2 is 0.917 bits per heavy atom. The molecule has 36 heavy (non-hydrogen) atoms. The van der Waals surface area contributed by atoms with E-state index < -0.39 is 0 Å². The lowest BCUT2D eigenvalue weighted by Gasteiger charge is -2.21. The predicted molar refractivity (Wildman–Crippen MR) is 138 cm³/mol. The maximum atomic E-state index is 11.7. The zero-order valence-corrected chi connectivity index (χ0v) is 21.7. The Hall–Kier alpha value is -3.42. The van der Waals surface area contributed by atoms with Crippen LogP contribution in [-0.2, 0) is 9.59 Å². The van der Waals surface area contributed by atoms with Gasteiger partial charge in [-0.2, -0.15) is 0 Å². The summed E-state index contributed by atoms with van der Waals surface area (Å²) >= 11 is 0. The van der Waals surface area contributed by atoms with E-state index in [1.165, 1.54) is 0 Å². The van der Waals surface area contributed by atoms with Gasteiger partial charge in [0.25, 0.3) is 0 Å². The minimum absolute atomic E-state index is 0.0221. The first-order valence-electron chi connectivity index (χ1n) is 12.5. The molecule has 2 aliphatic heterocycles. The zero-order chi connectivity index (χ0) is 25.9. The third-order valence-corrected chi connectivity index (χ3v) is 6.59. The first-order valence-corrected chi connectivity index (χ1v) is 12.5. The van der Waals surface area contributed by atoms with Crippen molar-refractivity contribution >= 4 is 11.8 Å². The number of methoxy groups -OCH3 is 4. The molecule has 2 aromatic rings. The molecule has 0 saturated carbocycles. The fourth-order valence-corrected chi connectivity index (χ4v) is 4.83. The van der Waals surface area contributed by atoms with Crippen LogP contribution >= 0.6 is 0 Å². The quantitative estimate of drug-likeness (QED) is 0.590. The third-order valence-electron chi connectivity index (χ3n) is 6.59. The lowest BCUT2D eigenvalue weighted by molar-refractivity contribution is -0.122. The van der Waals surface area contributed by atoms with Crippen LogP contribution in [0.25, 0.3) is 0 Å². The Bertz CT molecular complexity index is 899. The molecule has 2 atom stereocenters. The van der Waals surface area contributed by atoms with E-state index in [9.17, 15) is 9.59 Å². The second kappa shape index (κ2) is 13.6. The molecule has 2 aromatic carbocycles. The summed E-state index contributed by atoms with van der Waals surface area (Å²) in [5.41, 5.74) is 1.88. The Morgan fingerprint density at radius 3 is 1.22 bits per heavy atom. The number of amides is 2. The molecule has 0 radical (unpaired) electrons. The van der Waals surface area contributed by atoms with Crippen LogP contribution in [0.15, 0.2) is 36.4 Å². The molecule has 0 bridgehead atoms. The number of hydrogen-bond donors (Lipinski definition) is 2. The Balaban J connectivity index is 0.000000201. The number of rotatable bonds is 6. The van der Waals surface area contributed by atoms with Gasteiger partial charge in [0.15, 0.2) is 0 Å². The van der Waals surface area contributed by atoms with Crippen LogP contribution in [0.5, 0.6) is 23.0 Å². The molecule has 2 amide bonds. The summed E-state index contributed by atoms with van der Waals surface area (Å²) in [6.45, 7) is 0. The van der Waals surface area contributed by atoms with Gasteiger partial charge in [-0.15, -0.1) is 0 Å². The summed E-state index contributed by atoms with van der Waals surface area (Å²) in [5, 5.41) is 6.09. The summed E-state index contributed by atoms with van der Waals surface area (Å²) in [6, 6.07) is 11.3. The van der Waals surface area contributed by atoms with Crippen molar-refractivity contribution in [1.29, 1.82) is 0 Å². The van der Waals surface area contributed by atoms with Gasteiger partial charge in [-0.1, -0.05) is 25.0 Å². The standard InChI is InChI=1S/2C14H19NO3/c2*1-17-11-7-5-8-12(18-2)14(11)10-6-3-4-9-13(16)15-10/h2*5,7-8,10H,3-4,6,9H2,1-2H3,(H,15,16). The van der Waals surface area contributed by atoms with E-state index in [1.54, 1.807) is 28.4 Å². The van der Waals surface area contributed by atoms with E-state index in [-0.39, 0.29) is 23.9 Å². The highest BCUT2D eigenvalue weighted by atomic mass is 16.5. The predicted octanol–water partition coefficient (Wildman–Crippen LogP) is 4.87.